The Morgan fingerprint density at radius 1 is 1.11 bits per heavy atom. The molecule has 0 fully saturated rings. The fraction of sp³-hybridized carbons (Fsp3) is 0.0952. The van der Waals surface area contributed by atoms with Crippen molar-refractivity contribution in [1.29, 1.82) is 5.26 Å². The quantitative estimate of drug-likeness (QED) is 0.643. The smallest absolute Gasteiger partial charge is 0.291 e. The van der Waals surface area contributed by atoms with Crippen molar-refractivity contribution < 1.29 is 14.0 Å². The molecule has 2 N–H and O–H groups in total. The summed E-state index contributed by atoms with van der Waals surface area (Å²) in [6.07, 6.45) is 1.44. The molecule has 27 heavy (non-hydrogen) atoms. The third-order valence-corrected chi connectivity index (χ3v) is 3.99. The molecule has 1 heterocycles. The summed E-state index contributed by atoms with van der Waals surface area (Å²) in [7, 11) is 0. The summed E-state index contributed by atoms with van der Waals surface area (Å²) < 4.78 is 5.05. The first-order chi connectivity index (χ1) is 13.1. The first-order valence-corrected chi connectivity index (χ1v) is 8.29. The third-order valence-electron chi connectivity index (χ3n) is 3.99. The van der Waals surface area contributed by atoms with Crippen LogP contribution in [0.25, 0.3) is 0 Å². The minimum absolute atomic E-state index is 0.0563. The number of benzene rings is 2. The van der Waals surface area contributed by atoms with Crippen molar-refractivity contribution in [2.75, 3.05) is 10.6 Å². The van der Waals surface area contributed by atoms with E-state index in [1.807, 2.05) is 12.1 Å². The maximum Gasteiger partial charge on any atom is 0.291 e. The number of anilines is 2. The molecule has 6 heteroatoms. The van der Waals surface area contributed by atoms with Crippen LogP contribution in [0.5, 0.6) is 0 Å². The predicted octanol–water partition coefficient (Wildman–Crippen LogP) is 4.22. The lowest BCUT2D eigenvalue weighted by atomic mass is 10.1. The lowest BCUT2D eigenvalue weighted by molar-refractivity contribution is 0.0993. The van der Waals surface area contributed by atoms with E-state index in [2.05, 4.69) is 16.7 Å². The minimum Gasteiger partial charge on any atom is -0.459 e. The zero-order valence-electron chi connectivity index (χ0n) is 14.7. The first-order valence-electron chi connectivity index (χ1n) is 8.29. The Bertz CT molecular complexity index is 1000. The molecule has 0 spiro atoms. The van der Waals surface area contributed by atoms with Crippen molar-refractivity contribution in [3.8, 4) is 6.07 Å². The summed E-state index contributed by atoms with van der Waals surface area (Å²) in [4.78, 5) is 23.5. The van der Waals surface area contributed by atoms with Crippen LogP contribution < -0.4 is 10.6 Å². The van der Waals surface area contributed by atoms with E-state index in [0.717, 1.165) is 5.56 Å². The molecule has 0 saturated carbocycles. The Morgan fingerprint density at radius 2 is 1.89 bits per heavy atom. The maximum atomic E-state index is 12.0. The molecule has 3 aromatic rings. The highest BCUT2D eigenvalue weighted by molar-refractivity contribution is 6.02. The second-order valence-electron chi connectivity index (χ2n) is 5.91. The van der Waals surface area contributed by atoms with E-state index in [1.54, 1.807) is 42.5 Å². The molecule has 134 valence electrons. The van der Waals surface area contributed by atoms with Crippen LogP contribution in [0.15, 0.2) is 65.3 Å². The fourth-order valence-electron chi connectivity index (χ4n) is 2.51. The van der Waals surface area contributed by atoms with Gasteiger partial charge in [-0.2, -0.15) is 5.26 Å². The van der Waals surface area contributed by atoms with Crippen LogP contribution in [-0.2, 0) is 6.54 Å². The number of amides is 1. The van der Waals surface area contributed by atoms with Crippen molar-refractivity contribution in [3.63, 3.8) is 0 Å². The van der Waals surface area contributed by atoms with Gasteiger partial charge in [-0.1, -0.05) is 12.1 Å². The van der Waals surface area contributed by atoms with Crippen molar-refractivity contribution in [3.05, 3.63) is 83.3 Å². The van der Waals surface area contributed by atoms with Crippen LogP contribution in [0.3, 0.4) is 0 Å². The minimum atomic E-state index is -0.314. The first kappa shape index (κ1) is 18.0. The largest absolute Gasteiger partial charge is 0.459 e. The molecule has 3 rings (SSSR count). The molecule has 1 amide bonds. The van der Waals surface area contributed by atoms with E-state index in [-0.39, 0.29) is 17.5 Å². The van der Waals surface area contributed by atoms with Gasteiger partial charge in [0, 0.05) is 17.8 Å². The Kier molecular flexibility index (Phi) is 5.33. The van der Waals surface area contributed by atoms with Crippen molar-refractivity contribution in [1.82, 2.24) is 0 Å². The molecule has 0 atom stereocenters. The van der Waals surface area contributed by atoms with Gasteiger partial charge in [0.25, 0.3) is 5.91 Å². The van der Waals surface area contributed by atoms with Gasteiger partial charge in [-0.15, -0.1) is 0 Å². The highest BCUT2D eigenvalue weighted by Crippen LogP contribution is 2.19. The van der Waals surface area contributed by atoms with E-state index in [9.17, 15) is 14.9 Å². The molecule has 0 aliphatic carbocycles. The van der Waals surface area contributed by atoms with Gasteiger partial charge in [0.15, 0.2) is 11.5 Å². The van der Waals surface area contributed by atoms with Gasteiger partial charge in [-0.05, 0) is 55.0 Å². The molecule has 0 saturated heterocycles. The molecule has 2 aromatic carbocycles. The molecular formula is C21H17N3O3. The second kappa shape index (κ2) is 8.02. The van der Waals surface area contributed by atoms with E-state index in [1.165, 1.54) is 13.2 Å². The summed E-state index contributed by atoms with van der Waals surface area (Å²) >= 11 is 0. The van der Waals surface area contributed by atoms with Gasteiger partial charge in [-0.3, -0.25) is 9.59 Å². The highest BCUT2D eigenvalue weighted by atomic mass is 16.3. The van der Waals surface area contributed by atoms with Crippen LogP contribution in [0.2, 0.25) is 0 Å². The van der Waals surface area contributed by atoms with Gasteiger partial charge in [0.05, 0.1) is 17.5 Å². The summed E-state index contributed by atoms with van der Waals surface area (Å²) in [5, 5.41) is 15.2. The number of hydrogen-bond donors (Lipinski definition) is 2. The summed E-state index contributed by atoms with van der Waals surface area (Å²) in [5.41, 5.74) is 3.25. The molecule has 0 radical (unpaired) electrons. The zero-order valence-corrected chi connectivity index (χ0v) is 14.7. The molecular weight excluding hydrogens is 342 g/mol. The Balaban J connectivity index is 1.65. The highest BCUT2D eigenvalue weighted by Gasteiger charge is 2.09. The van der Waals surface area contributed by atoms with Gasteiger partial charge < -0.3 is 15.1 Å². The Labute approximate surface area is 156 Å². The van der Waals surface area contributed by atoms with Crippen LogP contribution in [-0.4, -0.2) is 11.7 Å². The average Bonchev–Trinajstić information content (AvgIpc) is 3.22. The predicted molar refractivity (Wildman–Crippen MR) is 102 cm³/mol. The SMILES string of the molecule is CC(=O)c1ccc(C#N)c(NCc2ccc(NC(=O)c3ccco3)cc2)c1. The standard InChI is InChI=1S/C21H17N3O3/c1-14(25)16-6-7-17(12-22)19(11-16)23-13-15-4-8-18(9-5-15)24-21(26)20-3-2-10-27-20/h2-11,23H,13H2,1H3,(H,24,26). The van der Waals surface area contributed by atoms with E-state index >= 15 is 0 Å². The molecule has 0 aliphatic heterocycles. The van der Waals surface area contributed by atoms with Crippen molar-refractivity contribution >= 4 is 23.1 Å². The summed E-state index contributed by atoms with van der Waals surface area (Å²) in [6.45, 7) is 1.96. The van der Waals surface area contributed by atoms with Crippen LogP contribution in [0, 0.1) is 11.3 Å². The Hall–Kier alpha value is -3.85. The normalized spacial score (nSPS) is 10.1. The number of nitrogens with zero attached hydrogens (tertiary/aromatic N) is 1. The molecule has 0 unspecified atom stereocenters. The number of nitrogens with one attached hydrogen (secondary N) is 2. The van der Waals surface area contributed by atoms with E-state index < -0.39 is 0 Å². The number of carbonyl (C=O) groups excluding carboxylic acids is 2. The number of nitriles is 1. The lowest BCUT2D eigenvalue weighted by Gasteiger charge is -2.10. The van der Waals surface area contributed by atoms with Gasteiger partial charge >= 0.3 is 0 Å². The van der Waals surface area contributed by atoms with E-state index in [4.69, 9.17) is 4.42 Å². The second-order valence-corrected chi connectivity index (χ2v) is 5.91. The number of furan rings is 1. The summed E-state index contributed by atoms with van der Waals surface area (Å²) in [5.74, 6) is -0.125. The Morgan fingerprint density at radius 3 is 2.52 bits per heavy atom. The lowest BCUT2D eigenvalue weighted by Crippen LogP contribution is -2.10. The van der Waals surface area contributed by atoms with Crippen LogP contribution >= 0.6 is 0 Å². The molecule has 1 aromatic heterocycles. The van der Waals surface area contributed by atoms with Crippen LogP contribution in [0.4, 0.5) is 11.4 Å². The number of hydrogen-bond acceptors (Lipinski definition) is 5. The van der Waals surface area contributed by atoms with Gasteiger partial charge in [0.1, 0.15) is 6.07 Å². The van der Waals surface area contributed by atoms with Gasteiger partial charge in [0.2, 0.25) is 0 Å². The fourth-order valence-corrected chi connectivity index (χ4v) is 2.51. The molecule has 6 nitrogen and oxygen atoms in total. The molecule has 0 aliphatic rings. The third kappa shape index (κ3) is 4.41. The number of rotatable bonds is 6. The number of carbonyl (C=O) groups is 2. The number of ketones is 1. The summed E-state index contributed by atoms with van der Waals surface area (Å²) in [6, 6.07) is 17.6. The molecule has 0 bridgehead atoms. The monoisotopic (exact) mass is 359 g/mol. The van der Waals surface area contributed by atoms with Gasteiger partial charge in [-0.25, -0.2) is 0 Å². The van der Waals surface area contributed by atoms with E-state index in [0.29, 0.717) is 29.0 Å². The topological polar surface area (TPSA) is 95.1 Å². The van der Waals surface area contributed by atoms with Crippen molar-refractivity contribution in [2.24, 2.45) is 0 Å². The van der Waals surface area contributed by atoms with Crippen molar-refractivity contribution in [2.45, 2.75) is 13.5 Å². The average molecular weight is 359 g/mol. The number of Topliss-reactive ketones (excluding diaryl/α,β-unsaturated/α-hetero) is 1. The zero-order chi connectivity index (χ0) is 19.2. The maximum absolute atomic E-state index is 12.0. The van der Waals surface area contributed by atoms with Crippen LogP contribution in [0.1, 0.15) is 39.0 Å².